The number of aryl methyl sites for hydroxylation is 1. The second kappa shape index (κ2) is 6.93. The van der Waals surface area contributed by atoms with Gasteiger partial charge >= 0.3 is 5.69 Å². The minimum Gasteiger partial charge on any atom is -0.481 e. The maximum atomic E-state index is 12.9. The molecule has 1 fully saturated rings. The molecular weight excluding hydrogens is 334 g/mol. The van der Waals surface area contributed by atoms with Crippen molar-refractivity contribution in [2.24, 2.45) is 0 Å². The number of rotatable bonds is 4. The van der Waals surface area contributed by atoms with Crippen LogP contribution in [0.3, 0.4) is 0 Å². The van der Waals surface area contributed by atoms with Crippen LogP contribution in [0, 0.1) is 0 Å². The third-order valence-electron chi connectivity index (χ3n) is 5.17. The molecule has 0 saturated carbocycles. The number of methoxy groups -OCH3 is 1. The van der Waals surface area contributed by atoms with Crippen molar-refractivity contribution in [1.29, 1.82) is 0 Å². The molecule has 2 aliphatic heterocycles. The van der Waals surface area contributed by atoms with E-state index in [0.29, 0.717) is 24.7 Å². The number of fused-ring (bicyclic) bond motifs is 1. The molecule has 0 aliphatic carbocycles. The monoisotopic (exact) mass is 357 g/mol. The molecule has 8 nitrogen and oxygen atoms in total. The number of pyridine rings is 1. The first-order chi connectivity index (χ1) is 12.7. The summed E-state index contributed by atoms with van der Waals surface area (Å²) in [5, 5.41) is 4.48. The maximum Gasteiger partial charge on any atom is 0.346 e. The van der Waals surface area contributed by atoms with Crippen molar-refractivity contribution < 1.29 is 9.53 Å². The van der Waals surface area contributed by atoms with Crippen LogP contribution < -0.4 is 10.4 Å². The van der Waals surface area contributed by atoms with E-state index in [1.165, 1.54) is 4.68 Å². The lowest BCUT2D eigenvalue weighted by atomic mass is 10.0. The van der Waals surface area contributed by atoms with Gasteiger partial charge in [0.05, 0.1) is 13.7 Å². The zero-order valence-corrected chi connectivity index (χ0v) is 14.9. The highest BCUT2D eigenvalue weighted by molar-refractivity contribution is 5.80. The summed E-state index contributed by atoms with van der Waals surface area (Å²) in [6.07, 6.45) is 6.08. The van der Waals surface area contributed by atoms with Crippen molar-refractivity contribution >= 4 is 5.91 Å². The SMILES string of the molecule is COc1ccc(Cn2nc3n(c2=O)[C@@H](C(=O)N2CCCC2)CCC3)cn1. The number of aromatic nitrogens is 4. The number of carbonyl (C=O) groups excluding carboxylic acids is 1. The van der Waals surface area contributed by atoms with E-state index in [1.807, 2.05) is 11.0 Å². The fourth-order valence-electron chi connectivity index (χ4n) is 3.81. The molecular formula is C18H23N5O3. The predicted molar refractivity (Wildman–Crippen MR) is 94.2 cm³/mol. The normalized spacial score (nSPS) is 19.4. The van der Waals surface area contributed by atoms with E-state index >= 15 is 0 Å². The van der Waals surface area contributed by atoms with Crippen LogP contribution in [-0.2, 0) is 17.8 Å². The molecule has 4 rings (SSSR count). The first kappa shape index (κ1) is 16.8. The summed E-state index contributed by atoms with van der Waals surface area (Å²) in [7, 11) is 1.56. The van der Waals surface area contributed by atoms with Gasteiger partial charge in [-0.15, -0.1) is 0 Å². The Morgan fingerprint density at radius 2 is 2.08 bits per heavy atom. The zero-order chi connectivity index (χ0) is 18.1. The Kier molecular flexibility index (Phi) is 4.48. The Bertz CT molecular complexity index is 849. The molecule has 4 heterocycles. The molecule has 0 unspecified atom stereocenters. The molecule has 26 heavy (non-hydrogen) atoms. The average Bonchev–Trinajstić information content (AvgIpc) is 3.31. The van der Waals surface area contributed by atoms with Crippen molar-refractivity contribution in [2.45, 2.75) is 44.7 Å². The van der Waals surface area contributed by atoms with E-state index in [-0.39, 0.29) is 11.6 Å². The van der Waals surface area contributed by atoms with Gasteiger partial charge in [-0.1, -0.05) is 6.07 Å². The third kappa shape index (κ3) is 3.00. The highest BCUT2D eigenvalue weighted by Gasteiger charge is 2.34. The number of amides is 1. The van der Waals surface area contributed by atoms with E-state index in [9.17, 15) is 9.59 Å². The Morgan fingerprint density at radius 1 is 1.27 bits per heavy atom. The molecule has 2 aliphatic rings. The van der Waals surface area contributed by atoms with Crippen LogP contribution in [0.5, 0.6) is 5.88 Å². The Labute approximate surface area is 151 Å². The molecule has 0 spiro atoms. The van der Waals surface area contributed by atoms with E-state index in [1.54, 1.807) is 23.9 Å². The van der Waals surface area contributed by atoms with E-state index in [0.717, 1.165) is 44.3 Å². The van der Waals surface area contributed by atoms with Crippen molar-refractivity contribution in [3.63, 3.8) is 0 Å². The van der Waals surface area contributed by atoms with Gasteiger partial charge in [0.25, 0.3) is 0 Å². The minimum absolute atomic E-state index is 0.0659. The molecule has 2 aromatic rings. The zero-order valence-electron chi connectivity index (χ0n) is 14.9. The van der Waals surface area contributed by atoms with Crippen molar-refractivity contribution in [2.75, 3.05) is 20.2 Å². The van der Waals surface area contributed by atoms with Gasteiger partial charge in [0.1, 0.15) is 11.9 Å². The van der Waals surface area contributed by atoms with Crippen molar-refractivity contribution in [3.8, 4) is 5.88 Å². The summed E-state index contributed by atoms with van der Waals surface area (Å²) in [4.78, 5) is 31.8. The van der Waals surface area contributed by atoms with E-state index in [4.69, 9.17) is 4.74 Å². The second-order valence-corrected chi connectivity index (χ2v) is 6.88. The molecule has 138 valence electrons. The second-order valence-electron chi connectivity index (χ2n) is 6.88. The van der Waals surface area contributed by atoms with Crippen LogP contribution in [0.1, 0.15) is 43.1 Å². The molecule has 0 bridgehead atoms. The van der Waals surface area contributed by atoms with Crippen molar-refractivity contribution in [1.82, 2.24) is 24.2 Å². The summed E-state index contributed by atoms with van der Waals surface area (Å²) in [5.74, 6) is 1.30. The minimum atomic E-state index is -0.410. The number of hydrogen-bond acceptors (Lipinski definition) is 5. The van der Waals surface area contributed by atoms with Gasteiger partial charge in [-0.2, -0.15) is 5.10 Å². The Hall–Kier alpha value is -2.64. The molecule has 0 aromatic carbocycles. The van der Waals surface area contributed by atoms with Crippen LogP contribution >= 0.6 is 0 Å². The standard InChI is InChI=1S/C18H23N5O3/c1-26-16-8-7-13(11-19-16)12-22-18(25)23-14(5-4-6-15(23)20-22)17(24)21-9-2-3-10-21/h7-8,11,14H,2-6,9-10,12H2,1H3/t14-/m1/s1. The van der Waals surface area contributed by atoms with Gasteiger partial charge < -0.3 is 9.64 Å². The lowest BCUT2D eigenvalue weighted by Gasteiger charge is -2.27. The summed E-state index contributed by atoms with van der Waals surface area (Å²) in [6, 6.07) is 3.21. The highest BCUT2D eigenvalue weighted by Crippen LogP contribution is 2.25. The average molecular weight is 357 g/mol. The third-order valence-corrected chi connectivity index (χ3v) is 5.17. The van der Waals surface area contributed by atoms with Crippen LogP contribution in [0.4, 0.5) is 0 Å². The quantitative estimate of drug-likeness (QED) is 0.815. The molecule has 1 atom stereocenters. The highest BCUT2D eigenvalue weighted by atomic mass is 16.5. The van der Waals surface area contributed by atoms with Gasteiger partial charge in [0, 0.05) is 31.8 Å². The largest absolute Gasteiger partial charge is 0.481 e. The molecule has 8 heteroatoms. The molecule has 0 N–H and O–H groups in total. The van der Waals surface area contributed by atoms with Crippen LogP contribution in [0.15, 0.2) is 23.1 Å². The number of carbonyl (C=O) groups is 1. The maximum absolute atomic E-state index is 12.9. The first-order valence-corrected chi connectivity index (χ1v) is 9.13. The first-order valence-electron chi connectivity index (χ1n) is 9.13. The number of likely N-dealkylation sites (tertiary alicyclic amines) is 1. The summed E-state index contributed by atoms with van der Waals surface area (Å²) in [6.45, 7) is 1.93. The van der Waals surface area contributed by atoms with Crippen LogP contribution in [0.2, 0.25) is 0 Å². The fourth-order valence-corrected chi connectivity index (χ4v) is 3.81. The van der Waals surface area contributed by atoms with Crippen molar-refractivity contribution in [3.05, 3.63) is 40.2 Å². The topological polar surface area (TPSA) is 82.2 Å². The Morgan fingerprint density at radius 3 is 2.77 bits per heavy atom. The van der Waals surface area contributed by atoms with Gasteiger partial charge in [-0.05, 0) is 31.2 Å². The van der Waals surface area contributed by atoms with Gasteiger partial charge in [0.2, 0.25) is 11.8 Å². The van der Waals surface area contributed by atoms with E-state index in [2.05, 4.69) is 10.1 Å². The lowest BCUT2D eigenvalue weighted by molar-refractivity contribution is -0.134. The van der Waals surface area contributed by atoms with Gasteiger partial charge in [-0.25, -0.2) is 14.5 Å². The smallest absolute Gasteiger partial charge is 0.346 e. The molecule has 1 amide bonds. The van der Waals surface area contributed by atoms with Crippen LogP contribution in [0.25, 0.3) is 0 Å². The lowest BCUT2D eigenvalue weighted by Crippen LogP contribution is -2.41. The summed E-state index contributed by atoms with van der Waals surface area (Å²) in [5.41, 5.74) is 0.652. The van der Waals surface area contributed by atoms with E-state index < -0.39 is 6.04 Å². The molecule has 0 radical (unpaired) electrons. The summed E-state index contributed by atoms with van der Waals surface area (Å²) >= 11 is 0. The predicted octanol–water partition coefficient (Wildman–Crippen LogP) is 0.996. The molecule has 2 aromatic heterocycles. The number of hydrogen-bond donors (Lipinski definition) is 0. The van der Waals surface area contributed by atoms with Gasteiger partial charge in [-0.3, -0.25) is 9.36 Å². The number of ether oxygens (including phenoxy) is 1. The Balaban J connectivity index is 1.61. The van der Waals surface area contributed by atoms with Crippen LogP contribution in [-0.4, -0.2) is 50.3 Å². The fraction of sp³-hybridized carbons (Fsp3) is 0.556. The van der Waals surface area contributed by atoms with Gasteiger partial charge in [0.15, 0.2) is 0 Å². The molecule has 1 saturated heterocycles. The summed E-state index contributed by atoms with van der Waals surface area (Å²) < 4.78 is 8.11. The number of nitrogens with zero attached hydrogens (tertiary/aromatic N) is 5.